The first kappa shape index (κ1) is 10.2. The second-order valence-electron chi connectivity index (χ2n) is 3.03. The molecule has 6 heteroatoms. The molecule has 0 saturated heterocycles. The van der Waals surface area contributed by atoms with E-state index in [1.54, 1.807) is 6.92 Å². The SMILES string of the molecule is CC(Cn1ccc(C(=O)O)n1)C(N)=O. The van der Waals surface area contributed by atoms with Crippen LogP contribution in [0, 0.1) is 5.92 Å². The van der Waals surface area contributed by atoms with Gasteiger partial charge in [-0.15, -0.1) is 0 Å². The summed E-state index contributed by atoms with van der Waals surface area (Å²) in [5.74, 6) is -1.88. The van der Waals surface area contributed by atoms with E-state index in [1.165, 1.54) is 16.9 Å². The molecule has 3 N–H and O–H groups in total. The fourth-order valence-corrected chi connectivity index (χ4v) is 0.948. The van der Waals surface area contributed by atoms with Gasteiger partial charge in [-0.2, -0.15) is 5.10 Å². The molecule has 0 aliphatic carbocycles. The van der Waals surface area contributed by atoms with Crippen molar-refractivity contribution in [3.63, 3.8) is 0 Å². The van der Waals surface area contributed by atoms with Gasteiger partial charge >= 0.3 is 5.97 Å². The Morgan fingerprint density at radius 2 is 2.36 bits per heavy atom. The van der Waals surface area contributed by atoms with E-state index >= 15 is 0 Å². The molecule has 1 aromatic heterocycles. The molecule has 1 heterocycles. The number of nitrogens with two attached hydrogens (primary N) is 1. The quantitative estimate of drug-likeness (QED) is 0.692. The highest BCUT2D eigenvalue weighted by Gasteiger charge is 2.12. The van der Waals surface area contributed by atoms with Crippen molar-refractivity contribution in [2.45, 2.75) is 13.5 Å². The van der Waals surface area contributed by atoms with Gasteiger partial charge < -0.3 is 10.8 Å². The standard InChI is InChI=1S/C8H11N3O3/c1-5(7(9)12)4-11-3-2-6(10-11)8(13)14/h2-3,5H,4H2,1H3,(H2,9,12)(H,13,14). The first-order valence-corrected chi connectivity index (χ1v) is 4.06. The summed E-state index contributed by atoms with van der Waals surface area (Å²) >= 11 is 0. The molecule has 1 rings (SSSR count). The Kier molecular flexibility index (Phi) is 2.85. The molecule has 0 fully saturated rings. The highest BCUT2D eigenvalue weighted by Crippen LogP contribution is 2.01. The molecule has 0 bridgehead atoms. The molecule has 76 valence electrons. The molecule has 1 amide bonds. The van der Waals surface area contributed by atoms with Gasteiger partial charge in [0.25, 0.3) is 0 Å². The van der Waals surface area contributed by atoms with E-state index in [-0.39, 0.29) is 11.6 Å². The number of primary amides is 1. The van der Waals surface area contributed by atoms with Crippen molar-refractivity contribution in [1.82, 2.24) is 9.78 Å². The van der Waals surface area contributed by atoms with Crippen LogP contribution in [0.4, 0.5) is 0 Å². The second kappa shape index (κ2) is 3.91. The lowest BCUT2D eigenvalue weighted by Gasteiger charge is -2.05. The van der Waals surface area contributed by atoms with Crippen LogP contribution in [0.15, 0.2) is 12.3 Å². The van der Waals surface area contributed by atoms with Crippen LogP contribution < -0.4 is 5.73 Å². The van der Waals surface area contributed by atoms with Crippen LogP contribution in [0.5, 0.6) is 0 Å². The fraction of sp³-hybridized carbons (Fsp3) is 0.375. The van der Waals surface area contributed by atoms with Gasteiger partial charge in [0, 0.05) is 6.20 Å². The van der Waals surface area contributed by atoms with Crippen LogP contribution >= 0.6 is 0 Å². The number of carboxylic acid groups (broad SMARTS) is 1. The van der Waals surface area contributed by atoms with E-state index in [4.69, 9.17) is 10.8 Å². The molecule has 0 aromatic carbocycles. The molecular formula is C8H11N3O3. The number of rotatable bonds is 4. The summed E-state index contributed by atoms with van der Waals surface area (Å²) in [6.07, 6.45) is 1.50. The zero-order valence-electron chi connectivity index (χ0n) is 7.67. The Morgan fingerprint density at radius 3 is 2.79 bits per heavy atom. The third kappa shape index (κ3) is 2.32. The second-order valence-corrected chi connectivity index (χ2v) is 3.03. The first-order chi connectivity index (χ1) is 6.50. The van der Waals surface area contributed by atoms with Gasteiger partial charge in [0.15, 0.2) is 5.69 Å². The van der Waals surface area contributed by atoms with Crippen LogP contribution in [0.25, 0.3) is 0 Å². The number of aromatic carboxylic acids is 1. The summed E-state index contributed by atoms with van der Waals surface area (Å²) in [7, 11) is 0. The molecule has 0 aliphatic heterocycles. The Morgan fingerprint density at radius 1 is 1.71 bits per heavy atom. The molecular weight excluding hydrogens is 186 g/mol. The summed E-state index contributed by atoms with van der Waals surface area (Å²) in [5, 5.41) is 12.3. The fourth-order valence-electron chi connectivity index (χ4n) is 0.948. The number of carbonyl (C=O) groups excluding carboxylic acids is 1. The molecule has 1 unspecified atom stereocenters. The average Bonchev–Trinajstić information content (AvgIpc) is 2.52. The molecule has 0 aliphatic rings. The molecule has 0 saturated carbocycles. The van der Waals surface area contributed by atoms with Crippen molar-refractivity contribution >= 4 is 11.9 Å². The number of aromatic nitrogens is 2. The highest BCUT2D eigenvalue weighted by atomic mass is 16.4. The monoisotopic (exact) mass is 197 g/mol. The van der Waals surface area contributed by atoms with E-state index in [0.29, 0.717) is 6.54 Å². The Hall–Kier alpha value is -1.85. The third-order valence-corrected chi connectivity index (χ3v) is 1.81. The summed E-state index contributed by atoms with van der Waals surface area (Å²) in [4.78, 5) is 21.2. The van der Waals surface area contributed by atoms with Crippen LogP contribution in [0.3, 0.4) is 0 Å². The van der Waals surface area contributed by atoms with Crippen molar-refractivity contribution in [1.29, 1.82) is 0 Å². The van der Waals surface area contributed by atoms with Gasteiger partial charge in [-0.1, -0.05) is 6.92 Å². The number of hydrogen-bond acceptors (Lipinski definition) is 3. The van der Waals surface area contributed by atoms with Crippen LogP contribution in [-0.4, -0.2) is 26.8 Å². The van der Waals surface area contributed by atoms with Gasteiger partial charge in [-0.05, 0) is 6.07 Å². The van der Waals surface area contributed by atoms with Crippen molar-refractivity contribution in [2.24, 2.45) is 11.7 Å². The predicted molar refractivity (Wildman–Crippen MR) is 47.5 cm³/mol. The topological polar surface area (TPSA) is 98.2 Å². The van der Waals surface area contributed by atoms with E-state index in [0.717, 1.165) is 0 Å². The number of carbonyl (C=O) groups is 2. The van der Waals surface area contributed by atoms with Gasteiger partial charge in [0.05, 0.1) is 12.5 Å². The molecule has 0 radical (unpaired) electrons. The summed E-state index contributed by atoms with van der Waals surface area (Å²) in [6.45, 7) is 1.95. The largest absolute Gasteiger partial charge is 0.476 e. The molecule has 6 nitrogen and oxygen atoms in total. The van der Waals surface area contributed by atoms with E-state index < -0.39 is 11.9 Å². The smallest absolute Gasteiger partial charge is 0.356 e. The van der Waals surface area contributed by atoms with Crippen molar-refractivity contribution in [3.8, 4) is 0 Å². The minimum Gasteiger partial charge on any atom is -0.476 e. The normalized spacial score (nSPS) is 12.4. The summed E-state index contributed by atoms with van der Waals surface area (Å²) < 4.78 is 1.39. The number of amides is 1. The predicted octanol–water partition coefficient (Wildman–Crippen LogP) is -0.297. The Labute approximate surface area is 80.3 Å². The van der Waals surface area contributed by atoms with Gasteiger partial charge in [-0.3, -0.25) is 9.48 Å². The van der Waals surface area contributed by atoms with Gasteiger partial charge in [0.2, 0.25) is 5.91 Å². The van der Waals surface area contributed by atoms with Crippen LogP contribution in [0.2, 0.25) is 0 Å². The number of carboxylic acids is 1. The summed E-state index contributed by atoms with van der Waals surface area (Å²) in [6, 6.07) is 1.37. The zero-order chi connectivity index (χ0) is 10.7. The lowest BCUT2D eigenvalue weighted by molar-refractivity contribution is -0.121. The highest BCUT2D eigenvalue weighted by molar-refractivity contribution is 5.85. The molecule has 14 heavy (non-hydrogen) atoms. The van der Waals surface area contributed by atoms with Crippen molar-refractivity contribution < 1.29 is 14.7 Å². The summed E-state index contributed by atoms with van der Waals surface area (Å²) in [5.41, 5.74) is 5.01. The van der Waals surface area contributed by atoms with E-state index in [2.05, 4.69) is 5.10 Å². The lowest BCUT2D eigenvalue weighted by Crippen LogP contribution is -2.25. The maximum Gasteiger partial charge on any atom is 0.356 e. The average molecular weight is 197 g/mol. The zero-order valence-corrected chi connectivity index (χ0v) is 7.67. The maximum absolute atomic E-state index is 10.7. The Balaban J connectivity index is 2.69. The molecule has 1 atom stereocenters. The lowest BCUT2D eigenvalue weighted by atomic mass is 10.2. The Bertz CT molecular complexity index is 358. The van der Waals surface area contributed by atoms with Crippen LogP contribution in [-0.2, 0) is 11.3 Å². The van der Waals surface area contributed by atoms with Gasteiger partial charge in [-0.25, -0.2) is 4.79 Å². The minimum atomic E-state index is -1.09. The third-order valence-electron chi connectivity index (χ3n) is 1.81. The first-order valence-electron chi connectivity index (χ1n) is 4.06. The minimum absolute atomic E-state index is 0.0401. The number of nitrogens with zero attached hydrogens (tertiary/aromatic N) is 2. The van der Waals surface area contributed by atoms with Crippen LogP contribution in [0.1, 0.15) is 17.4 Å². The van der Waals surface area contributed by atoms with E-state index in [9.17, 15) is 9.59 Å². The molecule has 0 spiro atoms. The van der Waals surface area contributed by atoms with Gasteiger partial charge in [0.1, 0.15) is 0 Å². The van der Waals surface area contributed by atoms with E-state index in [1.807, 2.05) is 0 Å². The van der Waals surface area contributed by atoms with Crippen molar-refractivity contribution in [2.75, 3.05) is 0 Å². The van der Waals surface area contributed by atoms with Crippen molar-refractivity contribution in [3.05, 3.63) is 18.0 Å². The molecule has 1 aromatic rings. The number of hydrogen-bond donors (Lipinski definition) is 2. The maximum atomic E-state index is 10.7.